The van der Waals surface area contributed by atoms with Gasteiger partial charge >= 0.3 is 6.03 Å². The van der Waals surface area contributed by atoms with Crippen LogP contribution < -0.4 is 16.0 Å². The molecule has 1 aromatic rings. The number of hydrogen-bond donors (Lipinski definition) is 3. The molecule has 2 aliphatic heterocycles. The minimum Gasteiger partial charge on any atom is -0.357 e. The van der Waals surface area contributed by atoms with E-state index in [0.29, 0.717) is 19.1 Å². The fourth-order valence-corrected chi connectivity index (χ4v) is 3.72. The second kappa shape index (κ2) is 12.1. The number of imide groups is 1. The molecule has 3 N–H and O–H groups in total. The first-order valence-corrected chi connectivity index (χ1v) is 10.5. The molecule has 3 rings (SSSR count). The minimum atomic E-state index is -0.329. The average Bonchev–Trinajstić information content (AvgIpc) is 3.03. The van der Waals surface area contributed by atoms with Crippen LogP contribution in [0.4, 0.5) is 4.79 Å². The van der Waals surface area contributed by atoms with Crippen LogP contribution in [0.15, 0.2) is 29.3 Å². The maximum absolute atomic E-state index is 11.6. The summed E-state index contributed by atoms with van der Waals surface area (Å²) in [5.74, 6) is 0.557. The van der Waals surface area contributed by atoms with E-state index in [1.807, 2.05) is 6.92 Å². The van der Waals surface area contributed by atoms with Crippen molar-refractivity contribution in [2.45, 2.75) is 39.3 Å². The van der Waals surface area contributed by atoms with Gasteiger partial charge in [-0.1, -0.05) is 24.3 Å². The zero-order chi connectivity index (χ0) is 20.6. The zero-order valence-corrected chi connectivity index (χ0v) is 20.1. The molecule has 0 spiro atoms. The van der Waals surface area contributed by atoms with Gasteiger partial charge in [-0.2, -0.15) is 0 Å². The number of halogens is 1. The number of benzene rings is 1. The largest absolute Gasteiger partial charge is 0.357 e. The first-order valence-electron chi connectivity index (χ1n) is 10.5. The van der Waals surface area contributed by atoms with E-state index in [2.05, 4.69) is 57.0 Å². The summed E-state index contributed by atoms with van der Waals surface area (Å²) in [5.41, 5.74) is 2.74. The second-order valence-electron chi connectivity index (χ2n) is 7.59. The molecular formula is C21H33IN6O2. The van der Waals surface area contributed by atoms with Gasteiger partial charge in [0.15, 0.2) is 5.96 Å². The number of aryl methyl sites for hydroxylation is 1. The molecule has 0 radical (unpaired) electrons. The van der Waals surface area contributed by atoms with Crippen molar-refractivity contribution in [3.8, 4) is 0 Å². The molecule has 2 saturated heterocycles. The van der Waals surface area contributed by atoms with E-state index in [0.717, 1.165) is 45.0 Å². The van der Waals surface area contributed by atoms with Gasteiger partial charge in [-0.3, -0.25) is 19.6 Å². The standard InChI is InChI=1S/C21H32N6O2.HI/c1-3-22-20(23-10-13-27-19(28)14-24-21(27)29)25-18-8-11-26(12-9-18)15-17-7-5-4-6-16(17)2;/h4-7,18H,3,8-15H2,1-2H3,(H,24,29)(H2,22,23,25);1H. The Balaban J connectivity index is 0.00000320. The van der Waals surface area contributed by atoms with Gasteiger partial charge in [-0.15, -0.1) is 24.0 Å². The highest BCUT2D eigenvalue weighted by Crippen LogP contribution is 2.16. The number of rotatable bonds is 7. The fourth-order valence-electron chi connectivity index (χ4n) is 3.72. The van der Waals surface area contributed by atoms with Gasteiger partial charge in [-0.25, -0.2) is 4.79 Å². The summed E-state index contributed by atoms with van der Waals surface area (Å²) in [6.07, 6.45) is 2.12. The number of amides is 3. The van der Waals surface area contributed by atoms with Crippen LogP contribution in [0.1, 0.15) is 30.9 Å². The van der Waals surface area contributed by atoms with Crippen molar-refractivity contribution in [3.63, 3.8) is 0 Å². The lowest BCUT2D eigenvalue weighted by Gasteiger charge is -2.33. The fraction of sp³-hybridized carbons (Fsp3) is 0.571. The average molecular weight is 528 g/mol. The van der Waals surface area contributed by atoms with E-state index >= 15 is 0 Å². The van der Waals surface area contributed by atoms with Gasteiger partial charge in [0.25, 0.3) is 0 Å². The molecule has 0 aromatic heterocycles. The number of guanidine groups is 1. The van der Waals surface area contributed by atoms with Gasteiger partial charge in [0.05, 0.1) is 19.6 Å². The number of carbonyl (C=O) groups is 2. The summed E-state index contributed by atoms with van der Waals surface area (Å²) >= 11 is 0. The molecular weight excluding hydrogens is 495 g/mol. The van der Waals surface area contributed by atoms with E-state index in [1.165, 1.54) is 16.0 Å². The lowest BCUT2D eigenvalue weighted by atomic mass is 10.0. The number of likely N-dealkylation sites (tertiary alicyclic amines) is 1. The van der Waals surface area contributed by atoms with Crippen LogP contribution in [0.5, 0.6) is 0 Å². The van der Waals surface area contributed by atoms with Crippen molar-refractivity contribution in [1.29, 1.82) is 0 Å². The van der Waals surface area contributed by atoms with Crippen molar-refractivity contribution < 1.29 is 9.59 Å². The highest BCUT2D eigenvalue weighted by molar-refractivity contribution is 14.0. The van der Waals surface area contributed by atoms with Crippen molar-refractivity contribution in [2.24, 2.45) is 4.99 Å². The Morgan fingerprint density at radius 3 is 2.60 bits per heavy atom. The Morgan fingerprint density at radius 2 is 1.97 bits per heavy atom. The van der Waals surface area contributed by atoms with Gasteiger partial charge in [0.2, 0.25) is 5.91 Å². The summed E-state index contributed by atoms with van der Waals surface area (Å²) in [7, 11) is 0. The van der Waals surface area contributed by atoms with Crippen LogP contribution in [-0.4, -0.2) is 73.0 Å². The number of nitrogens with one attached hydrogen (secondary N) is 3. The topological polar surface area (TPSA) is 89.1 Å². The number of carbonyl (C=O) groups excluding carboxylic acids is 2. The Kier molecular flexibility index (Phi) is 9.83. The van der Waals surface area contributed by atoms with Gasteiger partial charge in [0, 0.05) is 32.2 Å². The minimum absolute atomic E-state index is 0. The summed E-state index contributed by atoms with van der Waals surface area (Å²) in [6, 6.07) is 8.61. The first kappa shape index (κ1) is 24.4. The van der Waals surface area contributed by atoms with Gasteiger partial charge in [0.1, 0.15) is 0 Å². The predicted octanol–water partition coefficient (Wildman–Crippen LogP) is 1.68. The molecule has 0 atom stereocenters. The van der Waals surface area contributed by atoms with Crippen LogP contribution in [0.2, 0.25) is 0 Å². The van der Waals surface area contributed by atoms with Crippen molar-refractivity contribution >= 4 is 41.9 Å². The van der Waals surface area contributed by atoms with E-state index in [4.69, 9.17) is 0 Å². The Labute approximate surface area is 195 Å². The number of urea groups is 1. The summed E-state index contributed by atoms with van der Waals surface area (Å²) < 4.78 is 0. The molecule has 2 heterocycles. The van der Waals surface area contributed by atoms with E-state index in [1.54, 1.807) is 0 Å². The molecule has 2 fully saturated rings. The van der Waals surface area contributed by atoms with Gasteiger partial charge in [-0.05, 0) is 37.8 Å². The molecule has 0 aliphatic carbocycles. The molecule has 2 aliphatic rings. The molecule has 0 unspecified atom stereocenters. The lowest BCUT2D eigenvalue weighted by molar-refractivity contribution is -0.124. The third-order valence-electron chi connectivity index (χ3n) is 5.46. The smallest absolute Gasteiger partial charge is 0.324 e. The molecule has 9 heteroatoms. The molecule has 3 amide bonds. The Hall–Kier alpha value is -1.88. The van der Waals surface area contributed by atoms with Crippen molar-refractivity contribution in [1.82, 2.24) is 25.8 Å². The highest BCUT2D eigenvalue weighted by atomic mass is 127. The number of piperidine rings is 1. The number of nitrogens with zero attached hydrogens (tertiary/aromatic N) is 3. The van der Waals surface area contributed by atoms with Crippen LogP contribution in [0.25, 0.3) is 0 Å². The maximum atomic E-state index is 11.6. The number of aliphatic imine (C=N–C) groups is 1. The SMILES string of the molecule is CCNC(=NCCN1C(=O)CNC1=O)NC1CCN(Cc2ccccc2C)CC1.I. The second-order valence-corrected chi connectivity index (χ2v) is 7.59. The van der Waals surface area contributed by atoms with Crippen molar-refractivity contribution in [3.05, 3.63) is 35.4 Å². The third-order valence-corrected chi connectivity index (χ3v) is 5.46. The molecule has 8 nitrogen and oxygen atoms in total. The van der Waals surface area contributed by atoms with Crippen LogP contribution >= 0.6 is 24.0 Å². The zero-order valence-electron chi connectivity index (χ0n) is 17.8. The lowest BCUT2D eigenvalue weighted by Crippen LogP contribution is -2.48. The molecule has 1 aromatic carbocycles. The third kappa shape index (κ3) is 6.83. The first-order chi connectivity index (χ1) is 14.1. The quantitative estimate of drug-likeness (QED) is 0.217. The summed E-state index contributed by atoms with van der Waals surface area (Å²) in [6.45, 7) is 8.84. The van der Waals surface area contributed by atoms with Gasteiger partial charge < -0.3 is 16.0 Å². The number of hydrogen-bond acceptors (Lipinski definition) is 4. The van der Waals surface area contributed by atoms with Crippen molar-refractivity contribution in [2.75, 3.05) is 39.3 Å². The van der Waals surface area contributed by atoms with E-state index in [9.17, 15) is 9.59 Å². The Morgan fingerprint density at radius 1 is 1.23 bits per heavy atom. The van der Waals surface area contributed by atoms with Crippen LogP contribution in [-0.2, 0) is 11.3 Å². The van der Waals surface area contributed by atoms with E-state index < -0.39 is 0 Å². The molecule has 0 saturated carbocycles. The Bertz CT molecular complexity index is 733. The predicted molar refractivity (Wildman–Crippen MR) is 129 cm³/mol. The summed E-state index contributed by atoms with van der Waals surface area (Å²) in [5, 5.41) is 9.29. The normalized spacial score (nSPS) is 18.2. The maximum Gasteiger partial charge on any atom is 0.324 e. The highest BCUT2D eigenvalue weighted by Gasteiger charge is 2.27. The van der Waals surface area contributed by atoms with E-state index in [-0.39, 0.29) is 42.5 Å². The molecule has 0 bridgehead atoms. The molecule has 30 heavy (non-hydrogen) atoms. The molecule has 166 valence electrons. The van der Waals surface area contributed by atoms with Crippen LogP contribution in [0.3, 0.4) is 0 Å². The summed E-state index contributed by atoms with van der Waals surface area (Å²) in [4.78, 5) is 31.5. The van der Waals surface area contributed by atoms with Crippen LogP contribution in [0, 0.1) is 6.92 Å². The monoisotopic (exact) mass is 528 g/mol.